The highest BCUT2D eigenvalue weighted by atomic mass is 79.9. The number of amides is 1. The quantitative estimate of drug-likeness (QED) is 0.942. The fraction of sp³-hybridized carbons (Fsp3) is 0.308. The number of nitrogens with one attached hydrogen (secondary N) is 1. The summed E-state index contributed by atoms with van der Waals surface area (Å²) >= 11 is 3.37. The van der Waals surface area contributed by atoms with E-state index in [0.29, 0.717) is 11.6 Å². The van der Waals surface area contributed by atoms with Crippen LogP contribution in [-0.2, 0) is 11.2 Å². The Morgan fingerprint density at radius 3 is 2.63 bits per heavy atom. The van der Waals surface area contributed by atoms with E-state index in [-0.39, 0.29) is 12.3 Å². The molecule has 19 heavy (non-hydrogen) atoms. The summed E-state index contributed by atoms with van der Waals surface area (Å²) in [4.78, 5) is 16.2. The van der Waals surface area contributed by atoms with Gasteiger partial charge in [-0.2, -0.15) is 0 Å². The number of hydrogen-bond donors (Lipinski definition) is 1. The standard InChI is InChI=1S/C13H14BrN3O2/c1-7-10(9(3)19-17-7)6-13(18)16-12-5-4-11(14)8(2)15-12/h4-5H,6H2,1-3H3,(H,15,16,18). The van der Waals surface area contributed by atoms with Crippen molar-refractivity contribution in [2.24, 2.45) is 0 Å². The van der Waals surface area contributed by atoms with Crippen LogP contribution in [0.4, 0.5) is 5.82 Å². The molecule has 0 aliphatic heterocycles. The molecule has 2 aromatic heterocycles. The number of carbonyl (C=O) groups excluding carboxylic acids is 1. The van der Waals surface area contributed by atoms with Gasteiger partial charge in [0.2, 0.25) is 5.91 Å². The Morgan fingerprint density at radius 1 is 1.32 bits per heavy atom. The molecule has 0 atom stereocenters. The van der Waals surface area contributed by atoms with Crippen LogP contribution >= 0.6 is 15.9 Å². The van der Waals surface area contributed by atoms with Crippen molar-refractivity contribution in [3.05, 3.63) is 39.3 Å². The largest absolute Gasteiger partial charge is 0.361 e. The van der Waals surface area contributed by atoms with E-state index in [1.807, 2.05) is 19.9 Å². The Balaban J connectivity index is 2.07. The molecule has 0 unspecified atom stereocenters. The second-order valence-electron chi connectivity index (χ2n) is 4.29. The third-order valence-corrected chi connectivity index (χ3v) is 3.65. The lowest BCUT2D eigenvalue weighted by Gasteiger charge is -2.06. The van der Waals surface area contributed by atoms with Crippen LogP contribution < -0.4 is 5.32 Å². The van der Waals surface area contributed by atoms with Crippen LogP contribution in [0.5, 0.6) is 0 Å². The molecule has 5 nitrogen and oxygen atoms in total. The zero-order valence-electron chi connectivity index (χ0n) is 11.0. The lowest BCUT2D eigenvalue weighted by molar-refractivity contribution is -0.115. The molecule has 1 amide bonds. The van der Waals surface area contributed by atoms with Gasteiger partial charge in [-0.25, -0.2) is 4.98 Å². The Kier molecular flexibility index (Phi) is 3.99. The van der Waals surface area contributed by atoms with Gasteiger partial charge in [-0.15, -0.1) is 0 Å². The molecule has 0 spiro atoms. The molecule has 0 aliphatic rings. The molecule has 2 heterocycles. The van der Waals surface area contributed by atoms with Gasteiger partial charge < -0.3 is 9.84 Å². The molecule has 6 heteroatoms. The normalized spacial score (nSPS) is 10.5. The van der Waals surface area contributed by atoms with Crippen molar-refractivity contribution < 1.29 is 9.32 Å². The van der Waals surface area contributed by atoms with Crippen molar-refractivity contribution in [2.45, 2.75) is 27.2 Å². The van der Waals surface area contributed by atoms with Crippen LogP contribution in [0, 0.1) is 20.8 Å². The van der Waals surface area contributed by atoms with Crippen LogP contribution in [0.25, 0.3) is 0 Å². The minimum absolute atomic E-state index is 0.136. The van der Waals surface area contributed by atoms with Gasteiger partial charge in [-0.1, -0.05) is 5.16 Å². The van der Waals surface area contributed by atoms with Crippen LogP contribution in [-0.4, -0.2) is 16.0 Å². The predicted molar refractivity (Wildman–Crippen MR) is 75.0 cm³/mol. The highest BCUT2D eigenvalue weighted by Crippen LogP contribution is 2.17. The summed E-state index contributed by atoms with van der Waals surface area (Å²) in [6, 6.07) is 3.61. The number of carbonyl (C=O) groups is 1. The second-order valence-corrected chi connectivity index (χ2v) is 5.15. The summed E-state index contributed by atoms with van der Waals surface area (Å²) in [6.45, 7) is 5.49. The molecule has 0 aromatic carbocycles. The zero-order chi connectivity index (χ0) is 14.0. The molecule has 1 N–H and O–H groups in total. The number of aryl methyl sites for hydroxylation is 3. The lowest BCUT2D eigenvalue weighted by Crippen LogP contribution is -2.16. The molecule has 0 radical (unpaired) electrons. The van der Waals surface area contributed by atoms with Crippen LogP contribution in [0.15, 0.2) is 21.1 Å². The fourth-order valence-electron chi connectivity index (χ4n) is 1.72. The van der Waals surface area contributed by atoms with Gasteiger partial charge >= 0.3 is 0 Å². The number of rotatable bonds is 3. The van der Waals surface area contributed by atoms with Crippen molar-refractivity contribution in [2.75, 3.05) is 5.32 Å². The second kappa shape index (κ2) is 5.52. The monoisotopic (exact) mass is 323 g/mol. The van der Waals surface area contributed by atoms with E-state index in [1.54, 1.807) is 13.0 Å². The van der Waals surface area contributed by atoms with Gasteiger partial charge in [0.05, 0.1) is 17.8 Å². The number of aromatic nitrogens is 2. The number of hydrogen-bond acceptors (Lipinski definition) is 4. The summed E-state index contributed by atoms with van der Waals surface area (Å²) < 4.78 is 5.94. The third kappa shape index (κ3) is 3.20. The Bertz CT molecular complexity index is 603. The maximum absolute atomic E-state index is 11.9. The Labute approximate surface area is 119 Å². The molecule has 0 bridgehead atoms. The average Bonchev–Trinajstić information content (AvgIpc) is 2.66. The number of pyridine rings is 1. The minimum Gasteiger partial charge on any atom is -0.361 e. The molecule has 100 valence electrons. The average molecular weight is 324 g/mol. The molecule has 2 aromatic rings. The van der Waals surface area contributed by atoms with E-state index in [9.17, 15) is 4.79 Å². The highest BCUT2D eigenvalue weighted by Gasteiger charge is 2.14. The maximum atomic E-state index is 11.9. The molecule has 0 aliphatic carbocycles. The van der Waals surface area contributed by atoms with Crippen molar-refractivity contribution in [1.29, 1.82) is 0 Å². The first-order chi connectivity index (χ1) is 8.97. The molecular weight excluding hydrogens is 310 g/mol. The van der Waals surface area contributed by atoms with Crippen molar-refractivity contribution in [3.8, 4) is 0 Å². The van der Waals surface area contributed by atoms with Gasteiger partial charge in [0.1, 0.15) is 11.6 Å². The number of nitrogens with zero attached hydrogens (tertiary/aromatic N) is 2. The topological polar surface area (TPSA) is 68.0 Å². The summed E-state index contributed by atoms with van der Waals surface area (Å²) in [7, 11) is 0. The summed E-state index contributed by atoms with van der Waals surface area (Å²) in [5, 5.41) is 6.59. The van der Waals surface area contributed by atoms with Gasteiger partial charge in [0.15, 0.2) is 0 Å². The zero-order valence-corrected chi connectivity index (χ0v) is 12.5. The van der Waals surface area contributed by atoms with Gasteiger partial charge in [0.25, 0.3) is 0 Å². The molecule has 2 rings (SSSR count). The first-order valence-corrected chi connectivity index (χ1v) is 6.61. The molecule has 0 fully saturated rings. The Morgan fingerprint density at radius 2 is 2.05 bits per heavy atom. The summed E-state index contributed by atoms with van der Waals surface area (Å²) in [5.41, 5.74) is 2.40. The van der Waals surface area contributed by atoms with E-state index in [4.69, 9.17) is 4.52 Å². The molecule has 0 saturated carbocycles. The van der Waals surface area contributed by atoms with Crippen LogP contribution in [0.2, 0.25) is 0 Å². The molecule has 0 saturated heterocycles. The van der Waals surface area contributed by atoms with Gasteiger partial charge in [-0.05, 0) is 48.8 Å². The van der Waals surface area contributed by atoms with Gasteiger partial charge in [0, 0.05) is 10.0 Å². The van der Waals surface area contributed by atoms with Crippen molar-refractivity contribution in [1.82, 2.24) is 10.1 Å². The van der Waals surface area contributed by atoms with E-state index < -0.39 is 0 Å². The summed E-state index contributed by atoms with van der Waals surface area (Å²) in [6.07, 6.45) is 0.234. The molecular formula is C13H14BrN3O2. The smallest absolute Gasteiger partial charge is 0.230 e. The number of anilines is 1. The van der Waals surface area contributed by atoms with Crippen LogP contribution in [0.3, 0.4) is 0 Å². The maximum Gasteiger partial charge on any atom is 0.230 e. The third-order valence-electron chi connectivity index (χ3n) is 2.81. The Hall–Kier alpha value is -1.69. The van der Waals surface area contributed by atoms with Crippen molar-refractivity contribution in [3.63, 3.8) is 0 Å². The first kappa shape index (κ1) is 13.7. The van der Waals surface area contributed by atoms with Crippen molar-refractivity contribution >= 4 is 27.7 Å². The van der Waals surface area contributed by atoms with E-state index in [0.717, 1.165) is 21.4 Å². The predicted octanol–water partition coefficient (Wildman–Crippen LogP) is 2.94. The van der Waals surface area contributed by atoms with E-state index >= 15 is 0 Å². The number of halogens is 1. The van der Waals surface area contributed by atoms with Gasteiger partial charge in [-0.3, -0.25) is 4.79 Å². The van der Waals surface area contributed by atoms with E-state index in [2.05, 4.69) is 31.4 Å². The lowest BCUT2D eigenvalue weighted by atomic mass is 10.1. The SMILES string of the molecule is Cc1nc(NC(=O)Cc2c(C)noc2C)ccc1Br. The fourth-order valence-corrected chi connectivity index (χ4v) is 1.94. The van der Waals surface area contributed by atoms with E-state index in [1.165, 1.54) is 0 Å². The first-order valence-electron chi connectivity index (χ1n) is 5.82. The summed E-state index contributed by atoms with van der Waals surface area (Å²) in [5.74, 6) is 1.08. The minimum atomic E-state index is -0.136. The van der Waals surface area contributed by atoms with Crippen LogP contribution in [0.1, 0.15) is 22.7 Å². The highest BCUT2D eigenvalue weighted by molar-refractivity contribution is 9.10.